The maximum atomic E-state index is 5.78. The number of hydrogen-bond donors (Lipinski definition) is 1. The van der Waals surface area contributed by atoms with E-state index in [0.717, 1.165) is 62.6 Å². The molecule has 4 saturated heterocycles. The molecule has 4 aliphatic heterocycles. The molecule has 7 heteroatoms. The number of fused-ring (bicyclic) bond motifs is 4. The van der Waals surface area contributed by atoms with Crippen molar-refractivity contribution in [1.29, 1.82) is 0 Å². The smallest absolute Gasteiger partial charge is 0.108 e. The van der Waals surface area contributed by atoms with E-state index in [1.165, 1.54) is 30.5 Å². The van der Waals surface area contributed by atoms with E-state index in [9.17, 15) is 0 Å². The van der Waals surface area contributed by atoms with Gasteiger partial charge in [0.1, 0.15) is 5.71 Å². The third-order valence-electron chi connectivity index (χ3n) is 7.70. The van der Waals surface area contributed by atoms with Gasteiger partial charge in [0.2, 0.25) is 0 Å². The Kier molecular flexibility index (Phi) is 7.74. The summed E-state index contributed by atoms with van der Waals surface area (Å²) in [5.41, 5.74) is 5.39. The van der Waals surface area contributed by atoms with Gasteiger partial charge < -0.3 is 15.5 Å². The van der Waals surface area contributed by atoms with Crippen molar-refractivity contribution in [1.82, 2.24) is 9.88 Å². The van der Waals surface area contributed by atoms with Crippen LogP contribution >= 0.6 is 0 Å². The van der Waals surface area contributed by atoms with Gasteiger partial charge in [-0.15, -0.1) is 0 Å². The van der Waals surface area contributed by atoms with Crippen molar-refractivity contribution >= 4 is 17.6 Å². The Morgan fingerprint density at radius 3 is 2.86 bits per heavy atom. The second-order valence-electron chi connectivity index (χ2n) is 10.2. The topological polar surface area (TPSA) is 79.3 Å². The molecule has 186 valence electrons. The van der Waals surface area contributed by atoms with Crippen molar-refractivity contribution in [2.75, 3.05) is 37.7 Å². The molecule has 2 bridgehead atoms. The number of piperidine rings is 1. The Bertz CT molecular complexity index is 1030. The van der Waals surface area contributed by atoms with Crippen LogP contribution in [0.1, 0.15) is 48.9 Å². The number of benzene rings is 1. The van der Waals surface area contributed by atoms with Crippen molar-refractivity contribution in [3.8, 4) is 0 Å². The summed E-state index contributed by atoms with van der Waals surface area (Å²) in [6, 6.07) is 13.4. The minimum Gasteiger partial charge on any atom is -0.376 e. The van der Waals surface area contributed by atoms with Crippen LogP contribution in [0.25, 0.3) is 0 Å². The van der Waals surface area contributed by atoms with Crippen molar-refractivity contribution in [3.05, 3.63) is 59.4 Å². The zero-order valence-electron chi connectivity index (χ0n) is 20.9. The molecule has 1 aromatic carbocycles. The normalized spacial score (nSPS) is 25.8. The number of aromatic nitrogens is 1. The van der Waals surface area contributed by atoms with Gasteiger partial charge in [-0.25, -0.2) is 0 Å². The van der Waals surface area contributed by atoms with Crippen molar-refractivity contribution in [2.24, 2.45) is 21.9 Å². The van der Waals surface area contributed by atoms with Gasteiger partial charge in [-0.3, -0.25) is 14.9 Å². The maximum absolute atomic E-state index is 5.78. The molecule has 4 fully saturated rings. The Morgan fingerprint density at radius 2 is 2.09 bits per heavy atom. The SMILES string of the molecule is Cc1cc(N2CC3CCC(C2)N(Cc2ccccn2)C3)ccc1/C(C=NCC1CCCCO1)=N/N. The lowest BCUT2D eigenvalue weighted by Crippen LogP contribution is -2.43. The highest BCUT2D eigenvalue weighted by atomic mass is 16.5. The van der Waals surface area contributed by atoms with Gasteiger partial charge >= 0.3 is 0 Å². The second-order valence-corrected chi connectivity index (χ2v) is 10.2. The highest BCUT2D eigenvalue weighted by molar-refractivity contribution is 6.38. The fraction of sp³-hybridized carbons (Fsp3) is 0.536. The molecular formula is C28H38N6O. The van der Waals surface area contributed by atoms with Crippen LogP contribution in [0, 0.1) is 12.8 Å². The number of nitrogens with zero attached hydrogens (tertiary/aromatic N) is 5. The van der Waals surface area contributed by atoms with Crippen molar-refractivity contribution in [2.45, 2.75) is 57.7 Å². The monoisotopic (exact) mass is 474 g/mol. The summed E-state index contributed by atoms with van der Waals surface area (Å²) in [4.78, 5) is 14.4. The van der Waals surface area contributed by atoms with Crippen LogP contribution in [0.4, 0.5) is 5.69 Å². The first-order valence-electron chi connectivity index (χ1n) is 13.1. The van der Waals surface area contributed by atoms with E-state index in [1.807, 2.05) is 18.5 Å². The number of rotatable bonds is 7. The number of hydrazone groups is 1. The first kappa shape index (κ1) is 23.9. The van der Waals surface area contributed by atoms with E-state index >= 15 is 0 Å². The molecule has 35 heavy (non-hydrogen) atoms. The number of aryl methyl sites for hydroxylation is 1. The van der Waals surface area contributed by atoms with Crippen LogP contribution in [-0.2, 0) is 11.3 Å². The van der Waals surface area contributed by atoms with Gasteiger partial charge in [-0.1, -0.05) is 12.1 Å². The zero-order valence-corrected chi connectivity index (χ0v) is 20.9. The molecule has 0 radical (unpaired) electrons. The lowest BCUT2D eigenvalue weighted by atomic mass is 9.95. The lowest BCUT2D eigenvalue weighted by molar-refractivity contribution is 0.0226. The van der Waals surface area contributed by atoms with E-state index < -0.39 is 0 Å². The molecule has 4 aliphatic rings. The second kappa shape index (κ2) is 11.3. The van der Waals surface area contributed by atoms with Crippen LogP contribution < -0.4 is 10.7 Å². The number of hydrogen-bond acceptors (Lipinski definition) is 7. The van der Waals surface area contributed by atoms with E-state index in [4.69, 9.17) is 10.6 Å². The van der Waals surface area contributed by atoms with Gasteiger partial charge in [0, 0.05) is 62.5 Å². The van der Waals surface area contributed by atoms with Crippen molar-refractivity contribution < 1.29 is 4.74 Å². The molecule has 5 heterocycles. The molecule has 7 nitrogen and oxygen atoms in total. The minimum absolute atomic E-state index is 0.221. The molecule has 3 unspecified atom stereocenters. The van der Waals surface area contributed by atoms with Crippen LogP contribution in [0.3, 0.4) is 0 Å². The molecule has 1 aromatic heterocycles. The zero-order chi connectivity index (χ0) is 24.0. The van der Waals surface area contributed by atoms with Crippen LogP contribution in [0.5, 0.6) is 0 Å². The molecule has 0 spiro atoms. The molecule has 0 aliphatic carbocycles. The predicted octanol–water partition coefficient (Wildman–Crippen LogP) is 3.79. The quantitative estimate of drug-likeness (QED) is 0.375. The summed E-state index contributed by atoms with van der Waals surface area (Å²) in [7, 11) is 0. The predicted molar refractivity (Wildman–Crippen MR) is 142 cm³/mol. The fourth-order valence-electron chi connectivity index (χ4n) is 5.80. The molecule has 3 atom stereocenters. The first-order chi connectivity index (χ1) is 17.2. The van der Waals surface area contributed by atoms with Crippen LogP contribution in [0.15, 0.2) is 52.7 Å². The van der Waals surface area contributed by atoms with Crippen LogP contribution in [0.2, 0.25) is 0 Å². The summed E-state index contributed by atoms with van der Waals surface area (Å²) in [5, 5.41) is 4.04. The molecule has 6 rings (SSSR count). The maximum Gasteiger partial charge on any atom is 0.108 e. The Balaban J connectivity index is 1.25. The van der Waals surface area contributed by atoms with Gasteiger partial charge in [0.05, 0.1) is 18.3 Å². The number of pyridine rings is 1. The molecule has 0 saturated carbocycles. The third kappa shape index (κ3) is 5.90. The van der Waals surface area contributed by atoms with E-state index in [2.05, 4.69) is 62.1 Å². The lowest BCUT2D eigenvalue weighted by Gasteiger charge is -2.35. The van der Waals surface area contributed by atoms with Crippen molar-refractivity contribution in [3.63, 3.8) is 0 Å². The van der Waals surface area contributed by atoms with Gasteiger partial charge in [-0.05, 0) is 74.8 Å². The molecular weight excluding hydrogens is 436 g/mol. The molecule has 2 aromatic rings. The Labute approximate surface area is 209 Å². The molecule has 0 amide bonds. The minimum atomic E-state index is 0.221. The largest absolute Gasteiger partial charge is 0.376 e. The van der Waals surface area contributed by atoms with Crippen LogP contribution in [-0.4, -0.2) is 66.7 Å². The van der Waals surface area contributed by atoms with E-state index in [1.54, 1.807) is 0 Å². The van der Waals surface area contributed by atoms with E-state index in [-0.39, 0.29) is 6.10 Å². The Morgan fingerprint density at radius 1 is 1.14 bits per heavy atom. The summed E-state index contributed by atoms with van der Waals surface area (Å²) in [6.45, 7) is 7.91. The average molecular weight is 475 g/mol. The standard InChI is InChI=1S/C28H38N6O/c1-21-14-24(10-11-27(21)28(32-29)16-30-15-26-7-3-5-13-35-26)34-18-22-8-9-25(20-34)33(17-22)19-23-6-2-4-12-31-23/h2,4,6,10-12,14,16,22,25-26H,3,5,7-9,13,15,17-20,29H2,1H3/b30-16?,32-28+. The third-order valence-corrected chi connectivity index (χ3v) is 7.70. The van der Waals surface area contributed by atoms with Gasteiger partial charge in [0.15, 0.2) is 0 Å². The van der Waals surface area contributed by atoms with E-state index in [0.29, 0.717) is 18.5 Å². The summed E-state index contributed by atoms with van der Waals surface area (Å²) >= 11 is 0. The highest BCUT2D eigenvalue weighted by Gasteiger charge is 2.35. The Hall–Kier alpha value is -2.77. The fourth-order valence-corrected chi connectivity index (χ4v) is 5.80. The first-order valence-corrected chi connectivity index (χ1v) is 13.1. The number of ether oxygens (including phenoxy) is 1. The van der Waals surface area contributed by atoms with Gasteiger partial charge in [0.25, 0.3) is 0 Å². The summed E-state index contributed by atoms with van der Waals surface area (Å²) < 4.78 is 5.78. The molecule has 2 N–H and O–H groups in total. The summed E-state index contributed by atoms with van der Waals surface area (Å²) in [6.07, 6.45) is 9.95. The highest BCUT2D eigenvalue weighted by Crippen LogP contribution is 2.32. The number of aliphatic imine (C=N–C) groups is 1. The number of anilines is 1. The average Bonchev–Trinajstić information content (AvgIpc) is 3.20. The number of nitrogens with two attached hydrogens (primary N) is 1. The summed E-state index contributed by atoms with van der Waals surface area (Å²) in [5.74, 6) is 6.45. The van der Waals surface area contributed by atoms with Gasteiger partial charge in [-0.2, -0.15) is 5.10 Å².